The molecule has 0 heterocycles. The van der Waals surface area contributed by atoms with E-state index < -0.39 is 0 Å². The van der Waals surface area contributed by atoms with Crippen molar-refractivity contribution in [2.24, 2.45) is 35.0 Å². The molecule has 5 atom stereocenters. The molecule has 136 valence electrons. The van der Waals surface area contributed by atoms with Gasteiger partial charge in [0.1, 0.15) is 7.85 Å². The minimum absolute atomic E-state index is 0.534. The van der Waals surface area contributed by atoms with Gasteiger partial charge in [-0.2, -0.15) is 0 Å². The zero-order valence-corrected chi connectivity index (χ0v) is 17.5. The summed E-state index contributed by atoms with van der Waals surface area (Å²) in [4.78, 5) is 0. The third kappa shape index (κ3) is 6.83. The first-order valence-electron chi connectivity index (χ1n) is 10.8. The van der Waals surface area contributed by atoms with Crippen LogP contribution in [0.25, 0.3) is 0 Å². The van der Waals surface area contributed by atoms with E-state index in [1.807, 2.05) is 0 Å². The molecule has 0 radical (unpaired) electrons. The van der Waals surface area contributed by atoms with Gasteiger partial charge in [0, 0.05) is 0 Å². The molecule has 1 saturated carbocycles. The number of hydrogen-bond donors (Lipinski definition) is 0. The van der Waals surface area contributed by atoms with Crippen molar-refractivity contribution in [3.05, 3.63) is 0 Å². The zero-order valence-electron chi connectivity index (χ0n) is 17.5. The van der Waals surface area contributed by atoms with E-state index in [1.165, 1.54) is 64.1 Å². The highest BCUT2D eigenvalue weighted by Crippen LogP contribution is 2.43. The Bertz CT molecular complexity index is 309. The minimum Gasteiger partial charge on any atom is -0.0780 e. The molecule has 1 aliphatic carbocycles. The third-order valence-corrected chi connectivity index (χ3v) is 7.39. The average Bonchev–Trinajstić information content (AvgIpc) is 2.57. The molecule has 0 bridgehead atoms. The van der Waals surface area contributed by atoms with Crippen LogP contribution in [0.4, 0.5) is 0 Å². The lowest BCUT2D eigenvalue weighted by atomic mass is 9.66. The fourth-order valence-corrected chi connectivity index (χ4v) is 4.87. The van der Waals surface area contributed by atoms with Crippen LogP contribution in [0.2, 0.25) is 6.32 Å². The summed E-state index contributed by atoms with van der Waals surface area (Å²) in [7, 11) is 2.46. The second kappa shape index (κ2) is 10.1. The average molecular weight is 320 g/mol. The largest absolute Gasteiger partial charge is 0.101 e. The fourth-order valence-electron chi connectivity index (χ4n) is 4.87. The highest BCUT2D eigenvalue weighted by atomic mass is 14.4. The van der Waals surface area contributed by atoms with Gasteiger partial charge >= 0.3 is 0 Å². The third-order valence-electron chi connectivity index (χ3n) is 7.39. The quantitative estimate of drug-likeness (QED) is 0.455. The highest BCUT2D eigenvalue weighted by Gasteiger charge is 2.32. The molecule has 5 unspecified atom stereocenters. The molecule has 0 aromatic carbocycles. The predicted molar refractivity (Wildman–Crippen MR) is 109 cm³/mol. The Morgan fingerprint density at radius 1 is 0.957 bits per heavy atom. The van der Waals surface area contributed by atoms with Crippen LogP contribution in [0.5, 0.6) is 0 Å². The van der Waals surface area contributed by atoms with Crippen molar-refractivity contribution >= 4 is 7.85 Å². The molecule has 0 N–H and O–H groups in total. The summed E-state index contributed by atoms with van der Waals surface area (Å²) in [6, 6.07) is 0. The topological polar surface area (TPSA) is 0 Å². The van der Waals surface area contributed by atoms with Gasteiger partial charge in [0.05, 0.1) is 0 Å². The van der Waals surface area contributed by atoms with Gasteiger partial charge in [0.2, 0.25) is 0 Å². The van der Waals surface area contributed by atoms with E-state index in [1.54, 1.807) is 0 Å². The number of hydrogen-bond acceptors (Lipinski definition) is 0. The normalized spacial score (nSPS) is 33.7. The van der Waals surface area contributed by atoms with Crippen LogP contribution in [-0.2, 0) is 0 Å². The van der Waals surface area contributed by atoms with E-state index in [0.29, 0.717) is 5.41 Å². The molecule has 23 heavy (non-hydrogen) atoms. The van der Waals surface area contributed by atoms with Gasteiger partial charge in [0.25, 0.3) is 0 Å². The van der Waals surface area contributed by atoms with Gasteiger partial charge in [0.15, 0.2) is 0 Å². The van der Waals surface area contributed by atoms with E-state index >= 15 is 0 Å². The van der Waals surface area contributed by atoms with Gasteiger partial charge in [-0.15, -0.1) is 0 Å². The number of rotatable bonds is 7. The maximum Gasteiger partial charge on any atom is 0.101 e. The molecule has 0 saturated heterocycles. The Morgan fingerprint density at radius 3 is 2.22 bits per heavy atom. The van der Waals surface area contributed by atoms with Crippen molar-refractivity contribution in [3.8, 4) is 0 Å². The zero-order chi connectivity index (χ0) is 17.5. The Kier molecular flexibility index (Phi) is 9.31. The molecular weight excluding hydrogens is 275 g/mol. The minimum atomic E-state index is 0.534. The maximum atomic E-state index is 2.53. The monoisotopic (exact) mass is 320 g/mol. The standard InChI is InChI=1S/C22H45B/c1-7-10-19-12-9-11-17(3)18(4)15-20(16-23)21(19)13-14-22(5,6)8-2/h17-21H,7-16,23H2,1-6H3. The Labute approximate surface area is 149 Å². The van der Waals surface area contributed by atoms with Crippen LogP contribution in [0.15, 0.2) is 0 Å². The molecule has 1 aliphatic rings. The molecule has 0 aliphatic heterocycles. The van der Waals surface area contributed by atoms with E-state index in [-0.39, 0.29) is 0 Å². The van der Waals surface area contributed by atoms with E-state index in [9.17, 15) is 0 Å². The Morgan fingerprint density at radius 2 is 1.65 bits per heavy atom. The van der Waals surface area contributed by atoms with Gasteiger partial charge in [-0.3, -0.25) is 0 Å². The Hall–Kier alpha value is 0.0649. The molecule has 0 spiro atoms. The van der Waals surface area contributed by atoms with Crippen molar-refractivity contribution in [3.63, 3.8) is 0 Å². The van der Waals surface area contributed by atoms with Crippen LogP contribution in [0.1, 0.15) is 99.3 Å². The summed E-state index contributed by atoms with van der Waals surface area (Å²) in [5.74, 6) is 4.79. The summed E-state index contributed by atoms with van der Waals surface area (Å²) < 4.78 is 0. The highest BCUT2D eigenvalue weighted by molar-refractivity contribution is 6.08. The van der Waals surface area contributed by atoms with Gasteiger partial charge in [-0.25, -0.2) is 0 Å². The SMILES string of the molecule is BCC1CC(C)C(C)CCCC(CCC)C1CCC(C)(C)CC. The molecule has 0 nitrogen and oxygen atoms in total. The van der Waals surface area contributed by atoms with Gasteiger partial charge < -0.3 is 0 Å². The first-order valence-corrected chi connectivity index (χ1v) is 10.8. The molecule has 1 rings (SSSR count). The first-order chi connectivity index (χ1) is 10.8. The van der Waals surface area contributed by atoms with Crippen LogP contribution in [0, 0.1) is 35.0 Å². The summed E-state index contributed by atoms with van der Waals surface area (Å²) in [5.41, 5.74) is 0.534. The molecule has 0 aromatic heterocycles. The van der Waals surface area contributed by atoms with E-state index in [2.05, 4.69) is 49.4 Å². The van der Waals surface area contributed by atoms with Crippen LogP contribution >= 0.6 is 0 Å². The lowest BCUT2D eigenvalue weighted by Crippen LogP contribution is -2.27. The summed E-state index contributed by atoms with van der Waals surface area (Å²) >= 11 is 0. The van der Waals surface area contributed by atoms with Crippen molar-refractivity contribution in [1.29, 1.82) is 0 Å². The lowest BCUT2D eigenvalue weighted by Gasteiger charge is -2.37. The van der Waals surface area contributed by atoms with Crippen LogP contribution < -0.4 is 0 Å². The molecule has 0 aromatic rings. The lowest BCUT2D eigenvalue weighted by molar-refractivity contribution is 0.153. The van der Waals surface area contributed by atoms with E-state index in [0.717, 1.165) is 29.6 Å². The predicted octanol–water partition coefficient (Wildman–Crippen LogP) is 6.75. The smallest absolute Gasteiger partial charge is 0.0780 e. The van der Waals surface area contributed by atoms with Crippen molar-refractivity contribution in [2.75, 3.05) is 0 Å². The van der Waals surface area contributed by atoms with E-state index in [4.69, 9.17) is 0 Å². The van der Waals surface area contributed by atoms with Crippen LogP contribution in [-0.4, -0.2) is 7.85 Å². The first kappa shape index (κ1) is 21.1. The maximum absolute atomic E-state index is 2.53. The summed E-state index contributed by atoms with van der Waals surface area (Å²) in [5, 5.41) is 0. The van der Waals surface area contributed by atoms with Crippen molar-refractivity contribution in [1.82, 2.24) is 0 Å². The van der Waals surface area contributed by atoms with Crippen molar-refractivity contribution < 1.29 is 0 Å². The van der Waals surface area contributed by atoms with Gasteiger partial charge in [-0.1, -0.05) is 86.4 Å². The molecule has 1 fully saturated rings. The Balaban J connectivity index is 2.91. The summed E-state index contributed by atoms with van der Waals surface area (Å²) in [6.45, 7) is 14.7. The molecule has 1 heteroatoms. The molecule has 0 amide bonds. The second-order valence-electron chi connectivity index (χ2n) is 9.56. The second-order valence-corrected chi connectivity index (χ2v) is 9.56. The van der Waals surface area contributed by atoms with Crippen LogP contribution in [0.3, 0.4) is 0 Å². The molecular formula is C22H45B. The van der Waals surface area contributed by atoms with Crippen molar-refractivity contribution in [2.45, 2.75) is 106 Å². The summed E-state index contributed by atoms with van der Waals surface area (Å²) in [6.07, 6.45) is 14.4. The fraction of sp³-hybridized carbons (Fsp3) is 1.00. The van der Waals surface area contributed by atoms with Gasteiger partial charge in [-0.05, 0) is 54.3 Å².